The van der Waals surface area contributed by atoms with Crippen LogP contribution < -0.4 is 16.0 Å². The van der Waals surface area contributed by atoms with E-state index in [2.05, 4.69) is 29.8 Å². The van der Waals surface area contributed by atoms with Gasteiger partial charge < -0.3 is 16.0 Å². The Morgan fingerprint density at radius 1 is 1.15 bits per heavy atom. The second-order valence-corrected chi connectivity index (χ2v) is 6.11. The second kappa shape index (κ2) is 5.35. The highest BCUT2D eigenvalue weighted by Crippen LogP contribution is 2.31. The molecule has 3 N–H and O–H groups in total. The highest BCUT2D eigenvalue weighted by molar-refractivity contribution is 5.96. The Bertz CT molecular complexity index is 514. The smallest absolute Gasteiger partial charge is 0.251 e. The van der Waals surface area contributed by atoms with Gasteiger partial charge in [-0.1, -0.05) is 13.8 Å². The molecule has 4 heteroatoms. The van der Waals surface area contributed by atoms with Crippen LogP contribution in [0.3, 0.4) is 0 Å². The molecule has 3 rings (SSSR count). The molecular formula is C16H23N3O. The van der Waals surface area contributed by atoms with Crippen molar-refractivity contribution in [3.8, 4) is 0 Å². The Morgan fingerprint density at radius 2 is 1.90 bits per heavy atom. The Labute approximate surface area is 120 Å². The fraction of sp³-hybridized carbons (Fsp3) is 0.562. The van der Waals surface area contributed by atoms with Gasteiger partial charge in [0.2, 0.25) is 0 Å². The monoisotopic (exact) mass is 273 g/mol. The van der Waals surface area contributed by atoms with E-state index in [0.29, 0.717) is 17.9 Å². The molecule has 1 aromatic rings. The third kappa shape index (κ3) is 2.47. The van der Waals surface area contributed by atoms with E-state index in [1.807, 2.05) is 18.2 Å². The minimum absolute atomic E-state index is 0.0473. The van der Waals surface area contributed by atoms with Crippen LogP contribution in [-0.2, 0) is 0 Å². The summed E-state index contributed by atoms with van der Waals surface area (Å²) in [6, 6.07) is 6.15. The van der Waals surface area contributed by atoms with E-state index in [-0.39, 0.29) is 5.91 Å². The molecule has 0 spiro atoms. The quantitative estimate of drug-likeness (QED) is 0.776. The molecule has 1 heterocycles. The molecule has 0 radical (unpaired) electrons. The fourth-order valence-corrected chi connectivity index (χ4v) is 3.20. The summed E-state index contributed by atoms with van der Waals surface area (Å²) in [6.07, 6.45) is 2.31. The molecule has 4 nitrogen and oxygen atoms in total. The summed E-state index contributed by atoms with van der Waals surface area (Å²) < 4.78 is 0. The molecular weight excluding hydrogens is 250 g/mol. The molecule has 3 unspecified atom stereocenters. The van der Waals surface area contributed by atoms with Gasteiger partial charge in [0.05, 0.1) is 11.4 Å². The Morgan fingerprint density at radius 3 is 2.60 bits per heavy atom. The topological polar surface area (TPSA) is 53.2 Å². The van der Waals surface area contributed by atoms with Crippen molar-refractivity contribution in [1.29, 1.82) is 0 Å². The van der Waals surface area contributed by atoms with Crippen LogP contribution in [0.2, 0.25) is 0 Å². The molecule has 2 aliphatic rings. The van der Waals surface area contributed by atoms with Gasteiger partial charge >= 0.3 is 0 Å². The van der Waals surface area contributed by atoms with Crippen LogP contribution in [0.5, 0.6) is 0 Å². The fourth-order valence-electron chi connectivity index (χ4n) is 3.20. The molecule has 20 heavy (non-hydrogen) atoms. The van der Waals surface area contributed by atoms with Gasteiger partial charge in [-0.05, 0) is 42.9 Å². The average molecular weight is 273 g/mol. The maximum atomic E-state index is 12.4. The van der Waals surface area contributed by atoms with Crippen molar-refractivity contribution < 1.29 is 4.79 Å². The van der Waals surface area contributed by atoms with Crippen LogP contribution in [0.4, 0.5) is 11.4 Å². The van der Waals surface area contributed by atoms with E-state index >= 15 is 0 Å². The summed E-state index contributed by atoms with van der Waals surface area (Å²) in [7, 11) is 0. The molecule has 1 saturated carbocycles. The first-order chi connectivity index (χ1) is 9.65. The van der Waals surface area contributed by atoms with Crippen LogP contribution in [0, 0.1) is 11.8 Å². The lowest BCUT2D eigenvalue weighted by Crippen LogP contribution is -2.37. The molecule has 1 aromatic carbocycles. The number of hydrogen-bond acceptors (Lipinski definition) is 3. The maximum Gasteiger partial charge on any atom is 0.251 e. The summed E-state index contributed by atoms with van der Waals surface area (Å²) in [5.74, 6) is 1.32. The van der Waals surface area contributed by atoms with Gasteiger partial charge in [0.15, 0.2) is 0 Å². The molecule has 1 aliphatic carbocycles. The predicted molar refractivity (Wildman–Crippen MR) is 82.2 cm³/mol. The molecule has 3 atom stereocenters. The number of carbonyl (C=O) groups is 1. The van der Waals surface area contributed by atoms with Crippen molar-refractivity contribution in [2.24, 2.45) is 11.8 Å². The lowest BCUT2D eigenvalue weighted by Gasteiger charge is -2.22. The number of nitrogens with one attached hydrogen (secondary N) is 3. The van der Waals surface area contributed by atoms with Crippen molar-refractivity contribution in [2.45, 2.75) is 32.7 Å². The number of anilines is 2. The third-order valence-corrected chi connectivity index (χ3v) is 4.82. The summed E-state index contributed by atoms with van der Waals surface area (Å²) in [6.45, 7) is 6.33. The van der Waals surface area contributed by atoms with Gasteiger partial charge in [-0.25, -0.2) is 0 Å². The molecule has 1 aliphatic heterocycles. The Balaban J connectivity index is 1.71. The summed E-state index contributed by atoms with van der Waals surface area (Å²) in [5, 5.41) is 9.84. The number of rotatable bonds is 2. The van der Waals surface area contributed by atoms with Gasteiger partial charge in [-0.2, -0.15) is 0 Å². The van der Waals surface area contributed by atoms with Gasteiger partial charge in [-0.3, -0.25) is 4.79 Å². The maximum absolute atomic E-state index is 12.4. The highest BCUT2D eigenvalue weighted by Gasteiger charge is 2.30. The van der Waals surface area contributed by atoms with Crippen molar-refractivity contribution >= 4 is 17.3 Å². The minimum Gasteiger partial charge on any atom is -0.382 e. The van der Waals surface area contributed by atoms with Gasteiger partial charge in [0.1, 0.15) is 0 Å². The zero-order valence-electron chi connectivity index (χ0n) is 12.2. The number of benzene rings is 1. The number of amides is 1. The van der Waals surface area contributed by atoms with Crippen molar-refractivity contribution in [3.05, 3.63) is 23.8 Å². The SMILES string of the molecule is CC1CCC(NC(=O)c2ccc3c(c2)NCCN3)C1C. The van der Waals surface area contributed by atoms with Crippen molar-refractivity contribution in [3.63, 3.8) is 0 Å². The van der Waals surface area contributed by atoms with E-state index < -0.39 is 0 Å². The number of fused-ring (bicyclic) bond motifs is 1. The van der Waals surface area contributed by atoms with Crippen molar-refractivity contribution in [1.82, 2.24) is 5.32 Å². The largest absolute Gasteiger partial charge is 0.382 e. The zero-order chi connectivity index (χ0) is 14.1. The Kier molecular flexibility index (Phi) is 3.55. The predicted octanol–water partition coefficient (Wildman–Crippen LogP) is 2.69. The molecule has 108 valence electrons. The van der Waals surface area contributed by atoms with E-state index in [4.69, 9.17) is 0 Å². The molecule has 0 saturated heterocycles. The highest BCUT2D eigenvalue weighted by atomic mass is 16.1. The van der Waals surface area contributed by atoms with E-state index in [1.165, 1.54) is 6.42 Å². The standard InChI is InChI=1S/C16H23N3O/c1-10-3-5-13(11(10)2)19-16(20)12-4-6-14-15(9-12)18-8-7-17-14/h4,6,9-11,13,17-18H,3,5,7-8H2,1-2H3,(H,19,20). The van der Waals surface area contributed by atoms with Crippen LogP contribution in [0.1, 0.15) is 37.0 Å². The Hall–Kier alpha value is -1.71. The number of hydrogen-bond donors (Lipinski definition) is 3. The van der Waals surface area contributed by atoms with E-state index in [9.17, 15) is 4.79 Å². The lowest BCUT2D eigenvalue weighted by atomic mass is 9.97. The molecule has 1 amide bonds. The summed E-state index contributed by atoms with van der Waals surface area (Å²) >= 11 is 0. The second-order valence-electron chi connectivity index (χ2n) is 6.11. The minimum atomic E-state index is 0.0473. The van der Waals surface area contributed by atoms with Gasteiger partial charge in [0.25, 0.3) is 5.91 Å². The first kappa shape index (κ1) is 13.3. The first-order valence-electron chi connectivity index (χ1n) is 7.58. The average Bonchev–Trinajstić information content (AvgIpc) is 2.78. The lowest BCUT2D eigenvalue weighted by molar-refractivity contribution is 0.0927. The first-order valence-corrected chi connectivity index (χ1v) is 7.58. The zero-order valence-corrected chi connectivity index (χ0v) is 12.2. The molecule has 0 bridgehead atoms. The van der Waals surface area contributed by atoms with Crippen LogP contribution in [-0.4, -0.2) is 25.0 Å². The summed E-state index contributed by atoms with van der Waals surface area (Å²) in [5.41, 5.74) is 2.85. The van der Waals surface area contributed by atoms with E-state index in [1.54, 1.807) is 0 Å². The summed E-state index contributed by atoms with van der Waals surface area (Å²) in [4.78, 5) is 12.4. The van der Waals surface area contributed by atoms with Crippen molar-refractivity contribution in [2.75, 3.05) is 23.7 Å². The molecule has 1 fully saturated rings. The van der Waals surface area contributed by atoms with Gasteiger partial charge in [0, 0.05) is 24.7 Å². The third-order valence-electron chi connectivity index (χ3n) is 4.82. The normalized spacial score (nSPS) is 28.2. The van der Waals surface area contributed by atoms with Gasteiger partial charge in [-0.15, -0.1) is 0 Å². The molecule has 0 aromatic heterocycles. The van der Waals surface area contributed by atoms with Crippen LogP contribution in [0.15, 0.2) is 18.2 Å². The van der Waals surface area contributed by atoms with Crippen LogP contribution >= 0.6 is 0 Å². The van der Waals surface area contributed by atoms with E-state index in [0.717, 1.165) is 36.4 Å². The number of carbonyl (C=O) groups excluding carboxylic acids is 1. The van der Waals surface area contributed by atoms with Crippen LogP contribution in [0.25, 0.3) is 0 Å².